The summed E-state index contributed by atoms with van der Waals surface area (Å²) in [5.41, 5.74) is 1.02. The number of amides is 1. The van der Waals surface area contributed by atoms with Gasteiger partial charge in [0.2, 0.25) is 0 Å². The highest BCUT2D eigenvalue weighted by molar-refractivity contribution is 6.35. The van der Waals surface area contributed by atoms with Gasteiger partial charge in [-0.1, -0.05) is 29.3 Å². The Bertz CT molecular complexity index is 828. The topological polar surface area (TPSA) is 48.0 Å². The van der Waals surface area contributed by atoms with Crippen molar-refractivity contribution in [2.75, 3.05) is 27.4 Å². The van der Waals surface area contributed by atoms with Gasteiger partial charge in [-0.05, 0) is 48.7 Å². The number of methoxy groups -OCH3 is 2. The zero-order chi connectivity index (χ0) is 19.4. The van der Waals surface area contributed by atoms with E-state index in [4.69, 9.17) is 37.4 Å². The van der Waals surface area contributed by atoms with Crippen LogP contribution in [0.2, 0.25) is 10.0 Å². The first-order valence-electron chi connectivity index (χ1n) is 8.62. The molecular weight excluding hydrogens is 389 g/mol. The van der Waals surface area contributed by atoms with Crippen LogP contribution in [0, 0.1) is 0 Å². The van der Waals surface area contributed by atoms with Gasteiger partial charge in [-0.3, -0.25) is 4.79 Å². The van der Waals surface area contributed by atoms with E-state index in [0.29, 0.717) is 33.8 Å². The summed E-state index contributed by atoms with van der Waals surface area (Å²) in [5, 5.41) is 0.903. The minimum atomic E-state index is -0.0849. The number of hydrogen-bond acceptors (Lipinski definition) is 4. The van der Waals surface area contributed by atoms with Crippen molar-refractivity contribution in [1.29, 1.82) is 0 Å². The van der Waals surface area contributed by atoms with Crippen molar-refractivity contribution in [3.05, 3.63) is 52.0 Å². The summed E-state index contributed by atoms with van der Waals surface area (Å²) < 4.78 is 16.3. The summed E-state index contributed by atoms with van der Waals surface area (Å²) in [6.07, 6.45) is 1.83. The minimum absolute atomic E-state index is 0.0124. The standard InChI is InChI=1S/C20H21Cl2NO4/c1-25-18-7-5-13(10-19(18)26-2)16-4-3-9-23(16)20(24)12-27-17-8-6-14(21)11-15(17)22/h5-8,10-11,16H,3-4,9,12H2,1-2H3. The number of rotatable bonds is 6. The van der Waals surface area contributed by atoms with Gasteiger partial charge in [0.15, 0.2) is 18.1 Å². The molecule has 2 aromatic rings. The molecule has 0 radical (unpaired) electrons. The fourth-order valence-corrected chi connectivity index (χ4v) is 3.75. The second-order valence-corrected chi connectivity index (χ2v) is 7.07. The van der Waals surface area contributed by atoms with E-state index in [1.165, 1.54) is 0 Å². The third kappa shape index (κ3) is 4.42. The SMILES string of the molecule is COc1ccc(C2CCCN2C(=O)COc2ccc(Cl)cc2Cl)cc1OC. The number of likely N-dealkylation sites (tertiary alicyclic amines) is 1. The number of halogens is 2. The van der Waals surface area contributed by atoms with E-state index in [1.807, 2.05) is 23.1 Å². The van der Waals surface area contributed by atoms with E-state index in [0.717, 1.165) is 18.4 Å². The Labute approximate surface area is 168 Å². The van der Waals surface area contributed by atoms with Crippen LogP contribution in [0.15, 0.2) is 36.4 Å². The van der Waals surface area contributed by atoms with Crippen molar-refractivity contribution in [2.45, 2.75) is 18.9 Å². The Kier molecular flexibility index (Phi) is 6.34. The van der Waals surface area contributed by atoms with Crippen LogP contribution in [0.25, 0.3) is 0 Å². The molecule has 0 aromatic heterocycles. The van der Waals surface area contributed by atoms with Gasteiger partial charge in [-0.25, -0.2) is 0 Å². The van der Waals surface area contributed by atoms with E-state index >= 15 is 0 Å². The molecule has 27 heavy (non-hydrogen) atoms. The highest BCUT2D eigenvalue weighted by atomic mass is 35.5. The van der Waals surface area contributed by atoms with E-state index in [1.54, 1.807) is 32.4 Å². The maximum absolute atomic E-state index is 12.7. The van der Waals surface area contributed by atoms with Crippen LogP contribution in [0.5, 0.6) is 17.2 Å². The lowest BCUT2D eigenvalue weighted by molar-refractivity contribution is -0.134. The molecule has 1 heterocycles. The monoisotopic (exact) mass is 409 g/mol. The van der Waals surface area contributed by atoms with Gasteiger partial charge in [0, 0.05) is 11.6 Å². The molecule has 1 fully saturated rings. The highest BCUT2D eigenvalue weighted by Crippen LogP contribution is 2.37. The molecule has 1 amide bonds. The number of carbonyl (C=O) groups excluding carboxylic acids is 1. The largest absolute Gasteiger partial charge is 0.493 e. The van der Waals surface area contributed by atoms with Crippen LogP contribution in [-0.2, 0) is 4.79 Å². The number of benzene rings is 2. The summed E-state index contributed by atoms with van der Waals surface area (Å²) in [7, 11) is 3.20. The lowest BCUT2D eigenvalue weighted by Gasteiger charge is -2.26. The fraction of sp³-hybridized carbons (Fsp3) is 0.350. The van der Waals surface area contributed by atoms with Gasteiger partial charge in [0.05, 0.1) is 25.3 Å². The third-order valence-electron chi connectivity index (χ3n) is 4.61. The number of nitrogens with zero attached hydrogens (tertiary/aromatic N) is 1. The summed E-state index contributed by atoms with van der Waals surface area (Å²) >= 11 is 12.0. The second-order valence-electron chi connectivity index (χ2n) is 6.22. The van der Waals surface area contributed by atoms with Crippen LogP contribution in [0.3, 0.4) is 0 Å². The van der Waals surface area contributed by atoms with Crippen LogP contribution in [0.1, 0.15) is 24.4 Å². The van der Waals surface area contributed by atoms with Gasteiger partial charge < -0.3 is 19.1 Å². The Morgan fingerprint density at radius 1 is 1.07 bits per heavy atom. The molecule has 1 saturated heterocycles. The van der Waals surface area contributed by atoms with Crippen molar-refractivity contribution in [1.82, 2.24) is 4.90 Å². The summed E-state index contributed by atoms with van der Waals surface area (Å²) in [4.78, 5) is 14.6. The first kappa shape index (κ1) is 19.6. The Morgan fingerprint density at radius 2 is 1.81 bits per heavy atom. The average molecular weight is 410 g/mol. The molecule has 2 aromatic carbocycles. The van der Waals surface area contributed by atoms with Crippen LogP contribution in [-0.4, -0.2) is 38.2 Å². The van der Waals surface area contributed by atoms with Crippen molar-refractivity contribution < 1.29 is 19.0 Å². The van der Waals surface area contributed by atoms with Gasteiger partial charge in [-0.2, -0.15) is 0 Å². The molecular formula is C20H21Cl2NO4. The predicted octanol–water partition coefficient (Wildman–Crippen LogP) is 4.75. The van der Waals surface area contributed by atoms with Gasteiger partial charge in [-0.15, -0.1) is 0 Å². The van der Waals surface area contributed by atoms with Gasteiger partial charge in [0.1, 0.15) is 5.75 Å². The molecule has 7 heteroatoms. The Morgan fingerprint density at radius 3 is 2.52 bits per heavy atom. The van der Waals surface area contributed by atoms with Crippen molar-refractivity contribution in [3.63, 3.8) is 0 Å². The number of ether oxygens (including phenoxy) is 3. The Balaban J connectivity index is 1.71. The molecule has 5 nitrogen and oxygen atoms in total. The minimum Gasteiger partial charge on any atom is -0.493 e. The molecule has 0 N–H and O–H groups in total. The molecule has 0 saturated carbocycles. The summed E-state index contributed by atoms with van der Waals surface area (Å²) in [5.74, 6) is 1.67. The third-order valence-corrected chi connectivity index (χ3v) is 5.14. The van der Waals surface area contributed by atoms with Crippen molar-refractivity contribution in [3.8, 4) is 17.2 Å². The molecule has 3 rings (SSSR count). The molecule has 0 bridgehead atoms. The van der Waals surface area contributed by atoms with Crippen molar-refractivity contribution >= 4 is 29.1 Å². The molecule has 0 spiro atoms. The predicted molar refractivity (Wildman–Crippen MR) is 105 cm³/mol. The van der Waals surface area contributed by atoms with E-state index in [-0.39, 0.29) is 18.6 Å². The first-order chi connectivity index (χ1) is 13.0. The van der Waals surface area contributed by atoms with Crippen molar-refractivity contribution in [2.24, 2.45) is 0 Å². The second kappa shape index (κ2) is 8.72. The highest BCUT2D eigenvalue weighted by Gasteiger charge is 2.30. The number of carbonyl (C=O) groups is 1. The van der Waals surface area contributed by atoms with Gasteiger partial charge in [0.25, 0.3) is 5.91 Å². The van der Waals surface area contributed by atoms with E-state index in [9.17, 15) is 4.79 Å². The average Bonchev–Trinajstić information content (AvgIpc) is 3.16. The first-order valence-corrected chi connectivity index (χ1v) is 9.38. The van der Waals surface area contributed by atoms with E-state index in [2.05, 4.69) is 0 Å². The molecule has 1 unspecified atom stereocenters. The van der Waals surface area contributed by atoms with Crippen LogP contribution in [0.4, 0.5) is 0 Å². The molecule has 1 aliphatic rings. The smallest absolute Gasteiger partial charge is 0.261 e. The molecule has 144 valence electrons. The lowest BCUT2D eigenvalue weighted by Crippen LogP contribution is -2.34. The maximum Gasteiger partial charge on any atom is 0.261 e. The zero-order valence-corrected chi connectivity index (χ0v) is 16.7. The molecule has 1 atom stereocenters. The van der Waals surface area contributed by atoms with Gasteiger partial charge >= 0.3 is 0 Å². The molecule has 1 aliphatic heterocycles. The lowest BCUT2D eigenvalue weighted by atomic mass is 10.0. The summed E-state index contributed by atoms with van der Waals surface area (Å²) in [6, 6.07) is 10.7. The maximum atomic E-state index is 12.7. The van der Waals surface area contributed by atoms with E-state index < -0.39 is 0 Å². The normalized spacial score (nSPS) is 16.3. The fourth-order valence-electron chi connectivity index (χ4n) is 3.29. The summed E-state index contributed by atoms with van der Waals surface area (Å²) in [6.45, 7) is 0.612. The van der Waals surface area contributed by atoms with Crippen LogP contribution < -0.4 is 14.2 Å². The molecule has 0 aliphatic carbocycles. The number of hydrogen-bond donors (Lipinski definition) is 0. The Hall–Kier alpha value is -2.11. The van der Waals surface area contributed by atoms with Crippen LogP contribution >= 0.6 is 23.2 Å². The zero-order valence-electron chi connectivity index (χ0n) is 15.2. The quantitative estimate of drug-likeness (QED) is 0.690.